The van der Waals surface area contributed by atoms with Crippen molar-refractivity contribution in [3.63, 3.8) is 0 Å². The van der Waals surface area contributed by atoms with Crippen LogP contribution in [0, 0.1) is 56.2 Å². The monoisotopic (exact) mass is 677 g/mol. The van der Waals surface area contributed by atoms with Gasteiger partial charge in [0.1, 0.15) is 0 Å². The molecule has 0 unspecified atom stereocenters. The van der Waals surface area contributed by atoms with Crippen LogP contribution in [0.1, 0.15) is 113 Å². The van der Waals surface area contributed by atoms with Crippen LogP contribution in [0.4, 0.5) is 0 Å². The van der Waals surface area contributed by atoms with E-state index in [-0.39, 0.29) is 28.5 Å². The summed E-state index contributed by atoms with van der Waals surface area (Å²) in [5, 5.41) is 0. The summed E-state index contributed by atoms with van der Waals surface area (Å²) in [5.41, 5.74) is 1.79. The first-order valence-electron chi connectivity index (χ1n) is 19.1. The van der Waals surface area contributed by atoms with Gasteiger partial charge in [-0.25, -0.2) is 0 Å². The van der Waals surface area contributed by atoms with E-state index in [2.05, 4.69) is 114 Å². The van der Waals surface area contributed by atoms with E-state index < -0.39 is 25.0 Å². The van der Waals surface area contributed by atoms with Gasteiger partial charge in [-0.3, -0.25) is 0 Å². The molecule has 0 spiro atoms. The Morgan fingerprint density at radius 3 is 1.44 bits per heavy atom. The molecular weight excluding hydrogens is 601 g/mol. The maximum absolute atomic E-state index is 7.21. The lowest BCUT2D eigenvalue weighted by Gasteiger charge is -2.75. The maximum atomic E-state index is 7.21. The molecular formula is C39H76O3Si3. The average Bonchev–Trinajstić information content (AvgIpc) is 2.82. The Bertz CT molecular complexity index is 1120. The van der Waals surface area contributed by atoms with Crippen LogP contribution in [0.25, 0.3) is 0 Å². The highest BCUT2D eigenvalue weighted by atomic mass is 28.4. The largest absolute Gasteiger partial charge is 0.414 e. The normalized spacial score (nSPS) is 48.1. The van der Waals surface area contributed by atoms with Crippen LogP contribution < -0.4 is 0 Å². The lowest BCUT2D eigenvalue weighted by Crippen LogP contribution is -2.71. The summed E-state index contributed by atoms with van der Waals surface area (Å²) < 4.78 is 21.6. The van der Waals surface area contributed by atoms with Gasteiger partial charge < -0.3 is 13.3 Å². The molecule has 45 heavy (non-hydrogen) atoms. The van der Waals surface area contributed by atoms with Gasteiger partial charge in [0.05, 0.1) is 18.3 Å². The van der Waals surface area contributed by atoms with Crippen LogP contribution >= 0.6 is 0 Å². The minimum atomic E-state index is -1.76. The van der Waals surface area contributed by atoms with Gasteiger partial charge >= 0.3 is 0 Å². The van der Waals surface area contributed by atoms with Crippen LogP contribution in [0.3, 0.4) is 0 Å². The van der Waals surface area contributed by atoms with E-state index in [1.54, 1.807) is 0 Å². The summed E-state index contributed by atoms with van der Waals surface area (Å²) in [5.74, 6) is 2.92. The highest BCUT2D eigenvalue weighted by Crippen LogP contribution is 2.78. The second-order valence-corrected chi connectivity index (χ2v) is 35.7. The molecule has 0 bridgehead atoms. The molecule has 0 radical (unpaired) electrons. The maximum Gasteiger partial charge on any atom is 0.184 e. The van der Waals surface area contributed by atoms with E-state index in [9.17, 15) is 0 Å². The second-order valence-electron chi connectivity index (χ2n) is 22.3. The number of hydrogen-bond acceptors (Lipinski definition) is 3. The molecule has 3 nitrogen and oxygen atoms in total. The first-order valence-corrected chi connectivity index (χ1v) is 29.4. The zero-order valence-corrected chi connectivity index (χ0v) is 36.1. The van der Waals surface area contributed by atoms with Gasteiger partial charge in [0.2, 0.25) is 0 Å². The molecule has 5 aliphatic rings. The number of hydrogen-bond donors (Lipinski definition) is 0. The Morgan fingerprint density at radius 2 is 0.933 bits per heavy atom. The quantitative estimate of drug-likeness (QED) is 0.262. The molecule has 0 aromatic heterocycles. The molecule has 0 saturated heterocycles. The zero-order chi connectivity index (χ0) is 34.0. The van der Waals surface area contributed by atoms with Crippen LogP contribution in [-0.4, -0.2) is 43.3 Å². The zero-order valence-electron chi connectivity index (χ0n) is 33.1. The van der Waals surface area contributed by atoms with E-state index in [1.807, 2.05) is 0 Å². The lowest BCUT2D eigenvalue weighted by atomic mass is 9.30. The van der Waals surface area contributed by atoms with E-state index in [1.165, 1.54) is 57.8 Å². The van der Waals surface area contributed by atoms with Crippen molar-refractivity contribution in [2.24, 2.45) is 56.2 Å². The van der Waals surface area contributed by atoms with E-state index in [0.29, 0.717) is 34.2 Å². The van der Waals surface area contributed by atoms with Gasteiger partial charge in [0.25, 0.3) is 0 Å². The molecule has 11 atom stereocenters. The summed E-state index contributed by atoms with van der Waals surface area (Å²) in [6.07, 6.45) is 13.0. The molecule has 0 amide bonds. The predicted octanol–water partition coefficient (Wildman–Crippen LogP) is 11.8. The minimum Gasteiger partial charge on any atom is -0.414 e. The Hall–Kier alpha value is 0.531. The molecule has 0 aromatic carbocycles. The molecule has 0 heterocycles. The molecule has 5 rings (SSSR count). The van der Waals surface area contributed by atoms with Gasteiger partial charge in [-0.15, -0.1) is 0 Å². The second kappa shape index (κ2) is 11.0. The summed E-state index contributed by atoms with van der Waals surface area (Å²) in [6, 6.07) is 0. The van der Waals surface area contributed by atoms with Crippen molar-refractivity contribution in [1.29, 1.82) is 0 Å². The smallest absolute Gasteiger partial charge is 0.184 e. The van der Waals surface area contributed by atoms with Gasteiger partial charge in [-0.1, -0.05) is 55.4 Å². The molecule has 262 valence electrons. The van der Waals surface area contributed by atoms with Crippen LogP contribution in [-0.2, 0) is 13.3 Å². The van der Waals surface area contributed by atoms with Crippen LogP contribution in [0.5, 0.6) is 0 Å². The van der Waals surface area contributed by atoms with Gasteiger partial charge in [-0.05, 0) is 173 Å². The van der Waals surface area contributed by atoms with Crippen LogP contribution in [0.2, 0.25) is 58.9 Å². The third kappa shape index (κ3) is 6.03. The fourth-order valence-corrected chi connectivity index (χ4v) is 17.1. The Labute approximate surface area is 283 Å². The minimum absolute atomic E-state index is 0.108. The summed E-state index contributed by atoms with van der Waals surface area (Å²) >= 11 is 0. The molecule has 0 N–H and O–H groups in total. The Balaban J connectivity index is 1.52. The predicted molar refractivity (Wildman–Crippen MR) is 200 cm³/mol. The van der Waals surface area contributed by atoms with Crippen molar-refractivity contribution in [3.05, 3.63) is 0 Å². The third-order valence-corrected chi connectivity index (χ3v) is 18.2. The van der Waals surface area contributed by atoms with Crippen molar-refractivity contribution in [1.82, 2.24) is 0 Å². The summed E-state index contributed by atoms with van der Waals surface area (Å²) in [7, 11) is -5.15. The number of fused-ring (bicyclic) bond motifs is 7. The average molecular weight is 677 g/mol. The fourth-order valence-electron chi connectivity index (χ4n) is 13.5. The molecule has 6 heteroatoms. The van der Waals surface area contributed by atoms with E-state index in [4.69, 9.17) is 13.3 Å². The first kappa shape index (κ1) is 36.8. The van der Waals surface area contributed by atoms with E-state index >= 15 is 0 Å². The van der Waals surface area contributed by atoms with Crippen LogP contribution in [0.15, 0.2) is 0 Å². The first-order chi connectivity index (χ1) is 20.1. The van der Waals surface area contributed by atoms with Gasteiger partial charge in [0, 0.05) is 0 Å². The molecule has 5 aliphatic carbocycles. The van der Waals surface area contributed by atoms with Crippen molar-refractivity contribution in [3.8, 4) is 0 Å². The molecule has 5 fully saturated rings. The third-order valence-electron chi connectivity index (χ3n) is 15.3. The molecule has 0 aliphatic heterocycles. The number of rotatable bonds is 6. The standard InChI is InChI=1S/C39H76O3Si3/c1-34(2)24-25-36(5)27(32(34)41-44(12,13)14)20-22-38(7)30(36)18-19-31-37(6)26-28(40-43(9,10)11)33(42-45(15,16)17)35(3,4)29(37)21-23-39(31,38)8/h27-33H,18-26H2,1-17H3/t27-,28-,29+,30+,31+,32-,33+,36-,37+,38+,39+/m1/s1. The van der Waals surface area contributed by atoms with Crippen molar-refractivity contribution in [2.75, 3.05) is 0 Å². The summed E-state index contributed by atoms with van der Waals surface area (Å²) in [4.78, 5) is 0. The fraction of sp³-hybridized carbons (Fsp3) is 1.00. The van der Waals surface area contributed by atoms with Crippen molar-refractivity contribution < 1.29 is 13.3 Å². The van der Waals surface area contributed by atoms with Gasteiger partial charge in [0.15, 0.2) is 25.0 Å². The highest BCUT2D eigenvalue weighted by Gasteiger charge is 2.72. The molecule has 0 aromatic rings. The SMILES string of the molecule is CC1(C)CC[C@]2(C)[C@H](CC[C@@]3(C)[C@H]2CC[C@H]2[C@@]4(C)C[C@@H](O[Si](C)(C)C)[C@H](O[Si](C)(C)C)C(C)(C)[C@@H]4CC[C@@]23C)[C@H]1O[Si](C)(C)C. The van der Waals surface area contributed by atoms with Crippen molar-refractivity contribution in [2.45, 2.75) is 190 Å². The Morgan fingerprint density at radius 1 is 0.467 bits per heavy atom. The lowest BCUT2D eigenvalue weighted by molar-refractivity contribution is -0.275. The molecule has 5 saturated carbocycles. The van der Waals surface area contributed by atoms with Gasteiger partial charge in [-0.2, -0.15) is 0 Å². The summed E-state index contributed by atoms with van der Waals surface area (Å²) in [6.45, 7) is 42.8. The van der Waals surface area contributed by atoms with Crippen molar-refractivity contribution >= 4 is 25.0 Å². The van der Waals surface area contributed by atoms with E-state index in [0.717, 1.165) is 11.8 Å². The highest BCUT2D eigenvalue weighted by molar-refractivity contribution is 6.70. The topological polar surface area (TPSA) is 27.7 Å². The Kier molecular flexibility index (Phi) is 9.01.